The van der Waals surface area contributed by atoms with Crippen molar-refractivity contribution in [2.75, 3.05) is 26.7 Å². The minimum Gasteiger partial charge on any atom is -0.378 e. The molecule has 3 atom stereocenters. The molecule has 0 unspecified atom stereocenters. The number of hydrogen-bond acceptors (Lipinski definition) is 4. The van der Waals surface area contributed by atoms with Crippen LogP contribution in [0.25, 0.3) is 0 Å². The van der Waals surface area contributed by atoms with E-state index in [-0.39, 0.29) is 17.9 Å². The summed E-state index contributed by atoms with van der Waals surface area (Å²) in [5.41, 5.74) is 2.16. The van der Waals surface area contributed by atoms with Gasteiger partial charge in [-0.05, 0) is 31.9 Å². The number of aromatic nitrogens is 1. The molecule has 2 fully saturated rings. The van der Waals surface area contributed by atoms with E-state index in [2.05, 4.69) is 27.3 Å². The van der Waals surface area contributed by atoms with Crippen molar-refractivity contribution in [2.24, 2.45) is 11.8 Å². The van der Waals surface area contributed by atoms with Crippen molar-refractivity contribution >= 4 is 5.91 Å². The van der Waals surface area contributed by atoms with E-state index in [4.69, 9.17) is 4.74 Å². The third-order valence-electron chi connectivity index (χ3n) is 4.87. The fourth-order valence-corrected chi connectivity index (χ4v) is 3.76. The van der Waals surface area contributed by atoms with Crippen LogP contribution in [-0.4, -0.2) is 48.6 Å². The second-order valence-corrected chi connectivity index (χ2v) is 6.38. The lowest BCUT2D eigenvalue weighted by Gasteiger charge is -2.44. The number of carbonyl (C=O) groups is 1. The van der Waals surface area contributed by atoms with Crippen molar-refractivity contribution in [1.82, 2.24) is 15.2 Å². The van der Waals surface area contributed by atoms with E-state index in [0.717, 1.165) is 43.9 Å². The maximum Gasteiger partial charge on any atom is 0.223 e. The van der Waals surface area contributed by atoms with Crippen LogP contribution < -0.4 is 5.32 Å². The quantitative estimate of drug-likeness (QED) is 0.916. The summed E-state index contributed by atoms with van der Waals surface area (Å²) in [6.07, 6.45) is 2.07. The zero-order valence-corrected chi connectivity index (χ0v) is 13.4. The summed E-state index contributed by atoms with van der Waals surface area (Å²) >= 11 is 0. The number of rotatable bonds is 3. The lowest BCUT2D eigenvalue weighted by molar-refractivity contribution is -0.141. The van der Waals surface area contributed by atoms with E-state index in [1.807, 2.05) is 13.0 Å². The van der Waals surface area contributed by atoms with E-state index >= 15 is 0 Å². The largest absolute Gasteiger partial charge is 0.378 e. The SMILES string of the molecule is CNC(=O)[C@H]1CCO[C@H]2CCN(Cc3cccc(C)n3)C[C@@H]21. The number of amides is 1. The molecular weight excluding hydrogens is 278 g/mol. The lowest BCUT2D eigenvalue weighted by atomic mass is 9.79. The van der Waals surface area contributed by atoms with Crippen molar-refractivity contribution in [3.8, 4) is 0 Å². The van der Waals surface area contributed by atoms with Crippen LogP contribution >= 0.6 is 0 Å². The van der Waals surface area contributed by atoms with Gasteiger partial charge in [-0.25, -0.2) is 0 Å². The maximum atomic E-state index is 12.1. The van der Waals surface area contributed by atoms with Gasteiger partial charge in [0, 0.05) is 50.8 Å². The van der Waals surface area contributed by atoms with Gasteiger partial charge in [-0.15, -0.1) is 0 Å². The summed E-state index contributed by atoms with van der Waals surface area (Å²) in [6.45, 7) is 5.51. The number of hydrogen-bond donors (Lipinski definition) is 1. The van der Waals surface area contributed by atoms with Gasteiger partial charge in [0.15, 0.2) is 0 Å². The predicted octanol–water partition coefficient (Wildman–Crippen LogP) is 1.36. The molecule has 0 bridgehead atoms. The minimum absolute atomic E-state index is 0.0806. The number of nitrogens with one attached hydrogen (secondary N) is 1. The molecule has 3 rings (SSSR count). The Bertz CT molecular complexity index is 534. The third-order valence-corrected chi connectivity index (χ3v) is 4.87. The zero-order valence-electron chi connectivity index (χ0n) is 13.4. The van der Waals surface area contributed by atoms with E-state index in [9.17, 15) is 4.79 Å². The molecule has 3 heterocycles. The topological polar surface area (TPSA) is 54.5 Å². The van der Waals surface area contributed by atoms with Gasteiger partial charge in [0.1, 0.15) is 0 Å². The molecule has 0 aromatic carbocycles. The molecule has 0 radical (unpaired) electrons. The average Bonchev–Trinajstić information content (AvgIpc) is 2.53. The highest BCUT2D eigenvalue weighted by Gasteiger charge is 2.41. The summed E-state index contributed by atoms with van der Waals surface area (Å²) in [5, 5.41) is 2.81. The van der Waals surface area contributed by atoms with Crippen molar-refractivity contribution in [3.05, 3.63) is 29.6 Å². The predicted molar refractivity (Wildman–Crippen MR) is 84.3 cm³/mol. The molecule has 5 heteroatoms. The molecular formula is C17H25N3O2. The molecule has 2 saturated heterocycles. The van der Waals surface area contributed by atoms with Gasteiger partial charge < -0.3 is 10.1 Å². The Balaban J connectivity index is 1.68. The van der Waals surface area contributed by atoms with Gasteiger partial charge in [-0.1, -0.05) is 6.07 Å². The van der Waals surface area contributed by atoms with Crippen molar-refractivity contribution < 1.29 is 9.53 Å². The second-order valence-electron chi connectivity index (χ2n) is 6.38. The molecule has 1 aromatic rings. The van der Waals surface area contributed by atoms with Crippen LogP contribution in [0.4, 0.5) is 0 Å². The summed E-state index contributed by atoms with van der Waals surface area (Å²) in [7, 11) is 1.73. The standard InChI is InChI=1S/C17H25N3O2/c1-12-4-3-5-13(19-12)10-20-8-6-16-15(11-20)14(7-9-22-16)17(21)18-2/h3-5,14-16H,6-11H2,1-2H3,(H,18,21)/t14-,15+,16-/m0/s1. The molecule has 0 saturated carbocycles. The molecule has 2 aliphatic rings. The zero-order chi connectivity index (χ0) is 15.5. The summed E-state index contributed by atoms with van der Waals surface area (Å²) in [5.74, 6) is 0.540. The van der Waals surface area contributed by atoms with Gasteiger partial charge in [-0.3, -0.25) is 14.7 Å². The van der Waals surface area contributed by atoms with Crippen LogP contribution in [0.15, 0.2) is 18.2 Å². The Morgan fingerprint density at radius 2 is 2.32 bits per heavy atom. The molecule has 2 aliphatic heterocycles. The molecule has 1 N–H and O–H groups in total. The van der Waals surface area contributed by atoms with Crippen LogP contribution in [0.5, 0.6) is 0 Å². The first-order valence-corrected chi connectivity index (χ1v) is 8.15. The first kappa shape index (κ1) is 15.4. The number of pyridine rings is 1. The number of nitrogens with zero attached hydrogens (tertiary/aromatic N) is 2. The number of aryl methyl sites for hydroxylation is 1. The fourth-order valence-electron chi connectivity index (χ4n) is 3.76. The maximum absolute atomic E-state index is 12.1. The third kappa shape index (κ3) is 3.31. The first-order chi connectivity index (χ1) is 10.7. The van der Waals surface area contributed by atoms with Gasteiger partial charge >= 0.3 is 0 Å². The Kier molecular flexibility index (Phi) is 4.74. The average molecular weight is 303 g/mol. The number of fused-ring (bicyclic) bond motifs is 1. The Hall–Kier alpha value is -1.46. The molecule has 5 nitrogen and oxygen atoms in total. The van der Waals surface area contributed by atoms with Crippen molar-refractivity contribution in [2.45, 2.75) is 32.4 Å². The molecule has 0 spiro atoms. The number of ether oxygens (including phenoxy) is 1. The first-order valence-electron chi connectivity index (χ1n) is 8.15. The van der Waals surface area contributed by atoms with Crippen LogP contribution in [0.1, 0.15) is 24.2 Å². The van der Waals surface area contributed by atoms with E-state index in [1.54, 1.807) is 7.05 Å². The summed E-state index contributed by atoms with van der Waals surface area (Å²) in [6, 6.07) is 6.15. The van der Waals surface area contributed by atoms with Gasteiger partial charge in [0.2, 0.25) is 5.91 Å². The van der Waals surface area contributed by atoms with Gasteiger partial charge in [0.25, 0.3) is 0 Å². The molecule has 1 amide bonds. The van der Waals surface area contributed by atoms with Gasteiger partial charge in [0.05, 0.1) is 11.8 Å². The van der Waals surface area contributed by atoms with Crippen molar-refractivity contribution in [3.63, 3.8) is 0 Å². The van der Waals surface area contributed by atoms with Crippen LogP contribution in [0.3, 0.4) is 0 Å². The molecule has 120 valence electrons. The van der Waals surface area contributed by atoms with Gasteiger partial charge in [-0.2, -0.15) is 0 Å². The number of piperidine rings is 1. The van der Waals surface area contributed by atoms with Crippen LogP contribution in [0.2, 0.25) is 0 Å². The fraction of sp³-hybridized carbons (Fsp3) is 0.647. The second kappa shape index (κ2) is 6.75. The smallest absolute Gasteiger partial charge is 0.223 e. The molecule has 22 heavy (non-hydrogen) atoms. The summed E-state index contributed by atoms with van der Waals surface area (Å²) in [4.78, 5) is 19.1. The monoisotopic (exact) mass is 303 g/mol. The molecule has 1 aromatic heterocycles. The van der Waals surface area contributed by atoms with E-state index in [1.165, 1.54) is 0 Å². The highest BCUT2D eigenvalue weighted by atomic mass is 16.5. The number of likely N-dealkylation sites (tertiary alicyclic amines) is 1. The molecule has 0 aliphatic carbocycles. The Labute approximate surface area is 132 Å². The highest BCUT2D eigenvalue weighted by molar-refractivity contribution is 5.78. The highest BCUT2D eigenvalue weighted by Crippen LogP contribution is 2.33. The Morgan fingerprint density at radius 1 is 1.45 bits per heavy atom. The normalized spacial score (nSPS) is 28.9. The van der Waals surface area contributed by atoms with Crippen molar-refractivity contribution in [1.29, 1.82) is 0 Å². The lowest BCUT2D eigenvalue weighted by Crippen LogP contribution is -2.52. The minimum atomic E-state index is 0.0806. The number of carbonyl (C=O) groups excluding carboxylic acids is 1. The van der Waals surface area contributed by atoms with Crippen LogP contribution in [0, 0.1) is 18.8 Å². The van der Waals surface area contributed by atoms with Crippen LogP contribution in [-0.2, 0) is 16.1 Å². The summed E-state index contributed by atoms with van der Waals surface area (Å²) < 4.78 is 5.90. The Morgan fingerprint density at radius 3 is 3.09 bits per heavy atom. The van der Waals surface area contributed by atoms with E-state index < -0.39 is 0 Å². The van der Waals surface area contributed by atoms with E-state index in [0.29, 0.717) is 12.5 Å².